The number of aryl methyl sites for hydroxylation is 1. The number of nitrogens with one attached hydrogen (secondary N) is 1. The van der Waals surface area contributed by atoms with Crippen LogP contribution in [0.1, 0.15) is 30.7 Å². The molecule has 0 aliphatic rings. The fraction of sp³-hybridized carbons (Fsp3) is 0.321. The summed E-state index contributed by atoms with van der Waals surface area (Å²) in [4.78, 5) is 45.0. The van der Waals surface area contributed by atoms with E-state index >= 15 is 0 Å². The molecule has 0 saturated carbocycles. The Morgan fingerprint density at radius 3 is 1.95 bits per heavy atom. The highest BCUT2D eigenvalue weighted by molar-refractivity contribution is 7.10. The van der Waals surface area contributed by atoms with E-state index in [4.69, 9.17) is 0 Å². The Kier molecular flexibility index (Phi) is 9.68. The van der Waals surface area contributed by atoms with E-state index in [2.05, 4.69) is 5.32 Å². The molecule has 2 aromatic carbocycles. The van der Waals surface area contributed by atoms with E-state index in [1.165, 1.54) is 9.80 Å². The molecule has 9 heteroatoms. The summed E-state index contributed by atoms with van der Waals surface area (Å²) in [5.41, 5.74) is 2.30. The highest BCUT2D eigenvalue weighted by Gasteiger charge is 2.36. The third kappa shape index (κ3) is 6.68. The van der Waals surface area contributed by atoms with Gasteiger partial charge in [0.1, 0.15) is 6.04 Å². The van der Waals surface area contributed by atoms with E-state index in [9.17, 15) is 19.5 Å². The molecule has 1 aromatic heterocycles. The Labute approximate surface area is 222 Å². The number of carbonyl (C=O) groups excluding carboxylic acids is 2. The SMILES string of the molecule is CC[C@H]([C@H](NC(=O)N(c1ccccc1)c1ccccc1)C(=O)O)N(C)C(=O)N(CC)Cc1sccc1C. The number of hydrogen-bond acceptors (Lipinski definition) is 4. The third-order valence-electron chi connectivity index (χ3n) is 6.33. The second-order valence-electron chi connectivity index (χ2n) is 8.68. The molecule has 0 bridgehead atoms. The van der Waals surface area contributed by atoms with Crippen LogP contribution in [0.2, 0.25) is 0 Å². The number of thiophene rings is 1. The first-order chi connectivity index (χ1) is 17.8. The van der Waals surface area contributed by atoms with E-state index in [1.807, 2.05) is 68.6 Å². The maximum Gasteiger partial charge on any atom is 0.328 e. The Balaban J connectivity index is 1.85. The van der Waals surface area contributed by atoms with Gasteiger partial charge < -0.3 is 20.2 Å². The largest absolute Gasteiger partial charge is 0.480 e. The van der Waals surface area contributed by atoms with Gasteiger partial charge in [0.15, 0.2) is 0 Å². The molecule has 196 valence electrons. The normalized spacial score (nSPS) is 12.3. The van der Waals surface area contributed by atoms with Gasteiger partial charge in [-0.25, -0.2) is 14.4 Å². The number of carboxylic acids is 1. The van der Waals surface area contributed by atoms with Crippen LogP contribution in [0.4, 0.5) is 21.0 Å². The van der Waals surface area contributed by atoms with E-state index in [-0.39, 0.29) is 6.03 Å². The molecule has 0 spiro atoms. The highest BCUT2D eigenvalue weighted by atomic mass is 32.1. The van der Waals surface area contributed by atoms with Crippen molar-refractivity contribution < 1.29 is 19.5 Å². The zero-order valence-corrected chi connectivity index (χ0v) is 22.4. The first kappa shape index (κ1) is 27.7. The summed E-state index contributed by atoms with van der Waals surface area (Å²) < 4.78 is 0. The smallest absolute Gasteiger partial charge is 0.328 e. The molecule has 3 rings (SSSR count). The second-order valence-corrected chi connectivity index (χ2v) is 9.68. The third-order valence-corrected chi connectivity index (χ3v) is 7.34. The standard InChI is InChI=1S/C28H34N4O4S/c1-5-23(30(4)28(36)31(6-2)19-24-20(3)17-18-37-24)25(26(33)34)29-27(35)32(21-13-9-7-10-14-21)22-15-11-8-12-16-22/h7-18,23,25H,5-6,19H2,1-4H3,(H,29,35)(H,33,34)/t23-,25+/m1/s1. The minimum absolute atomic E-state index is 0.286. The molecule has 4 amide bonds. The molecule has 0 aliphatic heterocycles. The van der Waals surface area contributed by atoms with Crippen molar-refractivity contribution >= 4 is 40.7 Å². The number of likely N-dealkylation sites (N-methyl/N-ethyl adjacent to an activating group) is 1. The summed E-state index contributed by atoms with van der Waals surface area (Å²) in [7, 11) is 1.59. The first-order valence-corrected chi connectivity index (χ1v) is 13.1. The van der Waals surface area contributed by atoms with Crippen molar-refractivity contribution in [3.8, 4) is 0 Å². The summed E-state index contributed by atoms with van der Waals surface area (Å²) in [6, 6.07) is 17.1. The van der Waals surface area contributed by atoms with Gasteiger partial charge in [0.2, 0.25) is 0 Å². The number of carbonyl (C=O) groups is 3. The predicted molar refractivity (Wildman–Crippen MR) is 147 cm³/mol. The molecule has 2 atom stereocenters. The van der Waals surface area contributed by atoms with Crippen LogP contribution in [0.3, 0.4) is 0 Å². The number of carboxylic acid groups (broad SMARTS) is 1. The molecular formula is C28H34N4O4S. The lowest BCUT2D eigenvalue weighted by atomic mass is 10.0. The molecule has 37 heavy (non-hydrogen) atoms. The van der Waals surface area contributed by atoms with Gasteiger partial charge in [-0.05, 0) is 61.5 Å². The molecule has 1 heterocycles. The minimum Gasteiger partial charge on any atom is -0.480 e. The fourth-order valence-corrected chi connectivity index (χ4v) is 5.13. The van der Waals surface area contributed by atoms with Crippen LogP contribution in [0.5, 0.6) is 0 Å². The summed E-state index contributed by atoms with van der Waals surface area (Å²) in [5, 5.41) is 14.8. The summed E-state index contributed by atoms with van der Waals surface area (Å²) in [6.45, 7) is 6.62. The number of anilines is 2. The monoisotopic (exact) mass is 522 g/mol. The second kappa shape index (κ2) is 12.9. The van der Waals surface area contributed by atoms with Crippen LogP contribution in [0.15, 0.2) is 72.1 Å². The van der Waals surface area contributed by atoms with E-state index in [0.717, 1.165) is 10.4 Å². The van der Waals surface area contributed by atoms with Gasteiger partial charge in [0.25, 0.3) is 0 Å². The molecule has 0 radical (unpaired) electrons. The Bertz CT molecular complexity index is 1150. The number of nitrogens with zero attached hydrogens (tertiary/aromatic N) is 3. The summed E-state index contributed by atoms with van der Waals surface area (Å²) in [5.74, 6) is -1.21. The molecular weight excluding hydrogens is 488 g/mol. The van der Waals surface area contributed by atoms with Gasteiger partial charge in [-0.2, -0.15) is 0 Å². The first-order valence-electron chi connectivity index (χ1n) is 12.3. The van der Waals surface area contributed by atoms with E-state index in [1.54, 1.807) is 47.5 Å². The van der Waals surface area contributed by atoms with Gasteiger partial charge in [0, 0.05) is 18.5 Å². The Hall–Kier alpha value is -3.85. The van der Waals surface area contributed by atoms with Crippen LogP contribution in [-0.4, -0.2) is 58.6 Å². The summed E-state index contributed by atoms with van der Waals surface area (Å²) in [6.07, 6.45) is 0.339. The molecule has 0 saturated heterocycles. The van der Waals surface area contributed by atoms with Crippen LogP contribution in [0, 0.1) is 6.92 Å². The maximum absolute atomic E-state index is 13.5. The zero-order valence-electron chi connectivity index (χ0n) is 21.6. The lowest BCUT2D eigenvalue weighted by Gasteiger charge is -2.36. The van der Waals surface area contributed by atoms with Gasteiger partial charge in [-0.15, -0.1) is 11.3 Å². The number of rotatable bonds is 10. The Morgan fingerprint density at radius 1 is 0.946 bits per heavy atom. The van der Waals surface area contributed by atoms with Gasteiger partial charge in [-0.1, -0.05) is 43.3 Å². The van der Waals surface area contributed by atoms with Gasteiger partial charge in [-0.3, -0.25) is 4.90 Å². The lowest BCUT2D eigenvalue weighted by Crippen LogP contribution is -2.59. The number of benzene rings is 2. The van der Waals surface area contributed by atoms with Crippen molar-refractivity contribution in [1.82, 2.24) is 15.1 Å². The molecule has 0 aliphatic carbocycles. The molecule has 8 nitrogen and oxygen atoms in total. The quantitative estimate of drug-likeness (QED) is 0.357. The number of urea groups is 2. The van der Waals surface area contributed by atoms with Crippen molar-refractivity contribution in [2.45, 2.75) is 45.8 Å². The topological polar surface area (TPSA) is 93.2 Å². The zero-order chi connectivity index (χ0) is 26.9. The average Bonchev–Trinajstić information content (AvgIpc) is 3.31. The fourth-order valence-electron chi connectivity index (χ4n) is 4.21. The van der Waals surface area contributed by atoms with Crippen LogP contribution in [-0.2, 0) is 11.3 Å². The van der Waals surface area contributed by atoms with Crippen molar-refractivity contribution in [2.75, 3.05) is 18.5 Å². The van der Waals surface area contributed by atoms with Crippen molar-refractivity contribution in [2.24, 2.45) is 0 Å². The van der Waals surface area contributed by atoms with Crippen LogP contribution < -0.4 is 10.2 Å². The number of amides is 4. The van der Waals surface area contributed by atoms with E-state index in [0.29, 0.717) is 30.9 Å². The predicted octanol–water partition coefficient (Wildman–Crippen LogP) is 5.71. The van der Waals surface area contributed by atoms with Crippen molar-refractivity contribution in [1.29, 1.82) is 0 Å². The molecule has 3 aromatic rings. The van der Waals surface area contributed by atoms with Crippen LogP contribution in [0.25, 0.3) is 0 Å². The number of aliphatic carboxylic acids is 1. The van der Waals surface area contributed by atoms with Crippen molar-refractivity contribution in [3.05, 3.63) is 82.6 Å². The number of para-hydroxylation sites is 2. The van der Waals surface area contributed by atoms with E-state index < -0.39 is 24.1 Å². The van der Waals surface area contributed by atoms with Gasteiger partial charge >= 0.3 is 18.0 Å². The minimum atomic E-state index is -1.32. The average molecular weight is 523 g/mol. The Morgan fingerprint density at radius 2 is 1.51 bits per heavy atom. The van der Waals surface area contributed by atoms with Crippen molar-refractivity contribution in [3.63, 3.8) is 0 Å². The highest BCUT2D eigenvalue weighted by Crippen LogP contribution is 2.26. The number of hydrogen-bond donors (Lipinski definition) is 2. The maximum atomic E-state index is 13.5. The van der Waals surface area contributed by atoms with Crippen LogP contribution >= 0.6 is 11.3 Å². The summed E-state index contributed by atoms with van der Waals surface area (Å²) >= 11 is 1.59. The lowest BCUT2D eigenvalue weighted by molar-refractivity contribution is -0.140. The molecule has 0 unspecified atom stereocenters. The molecule has 0 fully saturated rings. The van der Waals surface area contributed by atoms with Gasteiger partial charge in [0.05, 0.1) is 24.0 Å². The molecule has 2 N–H and O–H groups in total.